The smallest absolute Gasteiger partial charge is 0.145 e. The summed E-state index contributed by atoms with van der Waals surface area (Å²) < 4.78 is 13.2. The average molecular weight is 458 g/mol. The van der Waals surface area contributed by atoms with Crippen LogP contribution >= 0.6 is 0 Å². The lowest BCUT2D eigenvalue weighted by Gasteiger charge is -2.11. The van der Waals surface area contributed by atoms with Crippen LogP contribution in [0.3, 0.4) is 0 Å². The van der Waals surface area contributed by atoms with Crippen LogP contribution in [0.4, 0.5) is 11.6 Å². The fraction of sp³-hybridized carbons (Fsp3) is 0.360. The predicted molar refractivity (Wildman–Crippen MR) is 131 cm³/mol. The summed E-state index contributed by atoms with van der Waals surface area (Å²) in [5.41, 5.74) is 5.55. The zero-order valence-corrected chi connectivity index (χ0v) is 20.0. The number of nitrogens with zero attached hydrogens (tertiary/aromatic N) is 5. The molecular weight excluding hydrogens is 430 g/mol. The maximum absolute atomic E-state index is 5.80. The van der Waals surface area contributed by atoms with Crippen LogP contribution in [0.2, 0.25) is 0 Å². The van der Waals surface area contributed by atoms with Crippen LogP contribution in [0, 0.1) is 20.8 Å². The van der Waals surface area contributed by atoms with Gasteiger partial charge in [0.2, 0.25) is 0 Å². The Kier molecular flexibility index (Phi) is 4.62. The molecule has 34 heavy (non-hydrogen) atoms. The molecule has 174 valence electrons. The molecule has 0 radical (unpaired) electrons. The minimum absolute atomic E-state index is 0.584. The van der Waals surface area contributed by atoms with E-state index in [9.17, 15) is 0 Å². The van der Waals surface area contributed by atoms with Gasteiger partial charge < -0.3 is 19.6 Å². The third kappa shape index (κ3) is 3.22. The molecule has 1 aliphatic rings. The molecule has 1 aliphatic carbocycles. The van der Waals surface area contributed by atoms with Crippen molar-refractivity contribution in [3.8, 4) is 16.9 Å². The number of methoxy groups -OCH3 is 1. The highest BCUT2D eigenvalue weighted by Gasteiger charge is 2.27. The summed E-state index contributed by atoms with van der Waals surface area (Å²) in [6.45, 7) is 8.63. The van der Waals surface area contributed by atoms with Crippen molar-refractivity contribution < 1.29 is 9.26 Å². The number of ether oxygens (including phenoxy) is 1. The van der Waals surface area contributed by atoms with Crippen molar-refractivity contribution in [2.24, 2.45) is 0 Å². The second-order valence-corrected chi connectivity index (χ2v) is 8.93. The Morgan fingerprint density at radius 3 is 2.68 bits per heavy atom. The normalized spacial score (nSPS) is 13.8. The quantitative estimate of drug-likeness (QED) is 0.345. The molecule has 1 fully saturated rings. The number of benzene rings is 1. The summed E-state index contributed by atoms with van der Waals surface area (Å²) in [6.07, 6.45) is 2.43. The first-order valence-electron chi connectivity index (χ1n) is 11.6. The number of nitrogens with one attached hydrogen (secondary N) is 2. The first-order chi connectivity index (χ1) is 16.5. The van der Waals surface area contributed by atoms with Crippen LogP contribution < -0.4 is 10.1 Å². The number of aromatic nitrogens is 6. The van der Waals surface area contributed by atoms with Gasteiger partial charge in [-0.3, -0.25) is 0 Å². The molecule has 9 heteroatoms. The topological polar surface area (TPSA) is 107 Å². The summed E-state index contributed by atoms with van der Waals surface area (Å²) in [5, 5.41) is 14.4. The number of aromatic amines is 1. The van der Waals surface area contributed by atoms with Gasteiger partial charge in [-0.05, 0) is 52.7 Å². The molecule has 1 saturated carbocycles. The highest BCUT2D eigenvalue weighted by Crippen LogP contribution is 2.42. The number of fused-ring (bicyclic) bond motifs is 3. The first kappa shape index (κ1) is 20.7. The van der Waals surface area contributed by atoms with Crippen molar-refractivity contribution in [2.45, 2.75) is 53.0 Å². The third-order valence-electron chi connectivity index (χ3n) is 6.53. The molecule has 5 aromatic rings. The Hall–Kier alpha value is -3.88. The fourth-order valence-electron chi connectivity index (χ4n) is 4.74. The highest BCUT2D eigenvalue weighted by molar-refractivity contribution is 6.13. The number of hydrogen-bond acceptors (Lipinski definition) is 7. The monoisotopic (exact) mass is 457 g/mol. The summed E-state index contributed by atoms with van der Waals surface area (Å²) >= 11 is 0. The van der Waals surface area contributed by atoms with E-state index in [1.54, 1.807) is 7.11 Å². The standard InChI is InChI=1S/C25H27N7O2/c1-6-32-21(11-18(30-32)15-7-8-15)29-25-23-16-10-20(33-5)17(22-12(2)31-34-13(22)3)9-19(16)28-24(23)26-14(4)27-25/h9-11,15H,6-8H2,1-5H3,(H2,26,27,28,29). The second kappa shape index (κ2) is 7.58. The van der Waals surface area contributed by atoms with Crippen molar-refractivity contribution >= 4 is 33.6 Å². The Labute approximate surface area is 196 Å². The van der Waals surface area contributed by atoms with Gasteiger partial charge in [0, 0.05) is 35.0 Å². The van der Waals surface area contributed by atoms with Crippen molar-refractivity contribution in [1.29, 1.82) is 0 Å². The van der Waals surface area contributed by atoms with Crippen LogP contribution in [0.1, 0.15) is 48.7 Å². The predicted octanol–water partition coefficient (Wildman–Crippen LogP) is 5.54. The Morgan fingerprint density at radius 2 is 2.00 bits per heavy atom. The molecule has 0 amide bonds. The number of anilines is 2. The molecule has 0 bridgehead atoms. The lowest BCUT2D eigenvalue weighted by molar-refractivity contribution is 0.393. The van der Waals surface area contributed by atoms with Gasteiger partial charge in [-0.1, -0.05) is 5.16 Å². The van der Waals surface area contributed by atoms with Crippen molar-refractivity contribution in [1.82, 2.24) is 29.9 Å². The van der Waals surface area contributed by atoms with E-state index in [4.69, 9.17) is 19.3 Å². The van der Waals surface area contributed by atoms with Crippen LogP contribution in [0.5, 0.6) is 5.75 Å². The van der Waals surface area contributed by atoms with E-state index in [1.807, 2.05) is 31.5 Å². The highest BCUT2D eigenvalue weighted by atomic mass is 16.5. The number of H-pyrrole nitrogens is 1. The fourth-order valence-corrected chi connectivity index (χ4v) is 4.74. The third-order valence-corrected chi connectivity index (χ3v) is 6.53. The summed E-state index contributed by atoms with van der Waals surface area (Å²) in [5.74, 6) is 4.45. The van der Waals surface area contributed by atoms with Gasteiger partial charge >= 0.3 is 0 Å². The summed E-state index contributed by atoms with van der Waals surface area (Å²) in [7, 11) is 1.68. The lowest BCUT2D eigenvalue weighted by Crippen LogP contribution is -2.05. The van der Waals surface area contributed by atoms with Gasteiger partial charge in [0.15, 0.2) is 0 Å². The van der Waals surface area contributed by atoms with E-state index in [-0.39, 0.29) is 0 Å². The summed E-state index contributed by atoms with van der Waals surface area (Å²) in [6, 6.07) is 6.25. The Balaban J connectivity index is 1.54. The molecule has 1 aromatic carbocycles. The van der Waals surface area contributed by atoms with Gasteiger partial charge in [0.25, 0.3) is 0 Å². The Bertz CT molecular complexity index is 1540. The number of hydrogen-bond donors (Lipinski definition) is 2. The number of rotatable bonds is 6. The minimum Gasteiger partial charge on any atom is -0.496 e. The molecule has 0 unspecified atom stereocenters. The zero-order valence-electron chi connectivity index (χ0n) is 20.0. The largest absolute Gasteiger partial charge is 0.496 e. The van der Waals surface area contributed by atoms with E-state index in [0.29, 0.717) is 11.7 Å². The van der Waals surface area contributed by atoms with E-state index >= 15 is 0 Å². The van der Waals surface area contributed by atoms with Gasteiger partial charge in [-0.25, -0.2) is 14.6 Å². The molecule has 9 nitrogen and oxygen atoms in total. The molecule has 2 N–H and O–H groups in total. The van der Waals surface area contributed by atoms with E-state index < -0.39 is 0 Å². The van der Waals surface area contributed by atoms with Gasteiger partial charge in [-0.2, -0.15) is 5.10 Å². The van der Waals surface area contributed by atoms with Gasteiger partial charge in [-0.15, -0.1) is 0 Å². The van der Waals surface area contributed by atoms with Crippen LogP contribution in [0.15, 0.2) is 22.7 Å². The van der Waals surface area contributed by atoms with E-state index in [2.05, 4.69) is 39.5 Å². The van der Waals surface area contributed by atoms with Crippen LogP contribution in [-0.2, 0) is 6.54 Å². The minimum atomic E-state index is 0.584. The molecule has 6 rings (SSSR count). The second-order valence-electron chi connectivity index (χ2n) is 8.93. The molecule has 0 aliphatic heterocycles. The van der Waals surface area contributed by atoms with Crippen molar-refractivity contribution in [3.63, 3.8) is 0 Å². The van der Waals surface area contributed by atoms with E-state index in [0.717, 1.165) is 74.1 Å². The van der Waals surface area contributed by atoms with Crippen LogP contribution in [0.25, 0.3) is 33.1 Å². The first-order valence-corrected chi connectivity index (χ1v) is 11.6. The molecule has 0 saturated heterocycles. The maximum atomic E-state index is 5.80. The lowest BCUT2D eigenvalue weighted by atomic mass is 10.0. The van der Waals surface area contributed by atoms with E-state index in [1.165, 1.54) is 12.8 Å². The van der Waals surface area contributed by atoms with Crippen molar-refractivity contribution in [2.75, 3.05) is 12.4 Å². The van der Waals surface area contributed by atoms with Crippen molar-refractivity contribution in [3.05, 3.63) is 41.2 Å². The van der Waals surface area contributed by atoms with Crippen LogP contribution in [-0.4, -0.2) is 37.0 Å². The maximum Gasteiger partial charge on any atom is 0.145 e. The zero-order chi connectivity index (χ0) is 23.6. The summed E-state index contributed by atoms with van der Waals surface area (Å²) in [4.78, 5) is 12.9. The molecule has 4 aromatic heterocycles. The molecule has 4 heterocycles. The van der Waals surface area contributed by atoms with Gasteiger partial charge in [0.05, 0.1) is 29.4 Å². The Morgan fingerprint density at radius 1 is 1.18 bits per heavy atom. The molecule has 0 atom stereocenters. The number of aryl methyl sites for hydroxylation is 4. The molecule has 0 spiro atoms. The van der Waals surface area contributed by atoms with Gasteiger partial charge in [0.1, 0.15) is 34.6 Å². The average Bonchev–Trinajstić information content (AvgIpc) is 3.37. The molecular formula is C25H27N7O2. The SMILES string of the molecule is CCn1nc(C2CC2)cc1Nc1nc(C)nc2[nH]c3cc(-c4c(C)noc4C)c(OC)cc3c12.